The fourth-order valence-electron chi connectivity index (χ4n) is 2.17. The zero-order valence-electron chi connectivity index (χ0n) is 9.52. The Morgan fingerprint density at radius 3 is 2.35 bits per heavy atom. The minimum absolute atomic E-state index is 0.797. The number of nitrogens with zero attached hydrogens (tertiary/aromatic N) is 3. The highest BCUT2D eigenvalue weighted by molar-refractivity contribution is 9.10. The Kier molecular flexibility index (Phi) is 2.59. The third-order valence-electron chi connectivity index (χ3n) is 2.96. The maximum atomic E-state index is 4.48. The van der Waals surface area contributed by atoms with E-state index in [1.54, 1.807) is 0 Å². The topological polar surface area (TPSA) is 29.0 Å². The van der Waals surface area contributed by atoms with Gasteiger partial charge in [-0.15, -0.1) is 0 Å². The molecule has 0 N–H and O–H groups in total. The van der Waals surface area contributed by atoms with Crippen LogP contribution >= 0.6 is 15.9 Å². The first-order valence-corrected chi connectivity index (χ1v) is 6.34. The molecule has 3 rings (SSSR count). The molecule has 2 aromatic rings. The molecule has 0 fully saturated rings. The Bertz CT molecular complexity index is 523. The van der Waals surface area contributed by atoms with Gasteiger partial charge in [-0.1, -0.05) is 24.3 Å². The Balaban J connectivity index is 1.93. The average Bonchev–Trinajstić information content (AvgIpc) is 2.71. The molecule has 1 aromatic carbocycles. The van der Waals surface area contributed by atoms with Gasteiger partial charge in [-0.3, -0.25) is 0 Å². The van der Waals surface area contributed by atoms with Crippen molar-refractivity contribution in [2.75, 3.05) is 4.90 Å². The summed E-state index contributed by atoms with van der Waals surface area (Å²) in [5, 5.41) is 0. The quantitative estimate of drug-likeness (QED) is 0.756. The van der Waals surface area contributed by atoms with Gasteiger partial charge in [0.25, 0.3) is 0 Å². The van der Waals surface area contributed by atoms with Crippen LogP contribution in [0.2, 0.25) is 0 Å². The first-order chi connectivity index (χ1) is 8.22. The summed E-state index contributed by atoms with van der Waals surface area (Å²) in [7, 11) is 0. The highest BCUT2D eigenvalue weighted by Gasteiger charge is 2.19. The lowest BCUT2D eigenvalue weighted by Gasteiger charge is -2.16. The summed E-state index contributed by atoms with van der Waals surface area (Å²) in [6.45, 7) is 3.77. The van der Waals surface area contributed by atoms with Crippen molar-refractivity contribution in [3.05, 3.63) is 51.9 Å². The monoisotopic (exact) mass is 289 g/mol. The Labute approximate surface area is 109 Å². The lowest BCUT2D eigenvalue weighted by atomic mass is 10.1. The second kappa shape index (κ2) is 4.11. The van der Waals surface area contributed by atoms with E-state index in [2.05, 4.69) is 55.1 Å². The van der Waals surface area contributed by atoms with Crippen LogP contribution in [0.3, 0.4) is 0 Å². The fourth-order valence-corrected chi connectivity index (χ4v) is 2.63. The smallest absolute Gasteiger partial charge is 0.134 e. The van der Waals surface area contributed by atoms with Crippen molar-refractivity contribution >= 4 is 21.7 Å². The predicted molar refractivity (Wildman–Crippen MR) is 70.8 cm³/mol. The van der Waals surface area contributed by atoms with Gasteiger partial charge in [0.05, 0.1) is 0 Å². The van der Waals surface area contributed by atoms with Crippen molar-refractivity contribution < 1.29 is 0 Å². The first kappa shape index (κ1) is 10.7. The average molecular weight is 290 g/mol. The molecular formula is C13H12BrN3. The molecule has 0 saturated carbocycles. The Morgan fingerprint density at radius 1 is 1.12 bits per heavy atom. The first-order valence-electron chi connectivity index (χ1n) is 5.55. The number of halogens is 1. The predicted octanol–water partition coefficient (Wildman–Crippen LogP) is 3.07. The van der Waals surface area contributed by atoms with Gasteiger partial charge in [0, 0.05) is 19.2 Å². The van der Waals surface area contributed by atoms with E-state index in [4.69, 9.17) is 0 Å². The lowest BCUT2D eigenvalue weighted by molar-refractivity contribution is 0.839. The number of aryl methyl sites for hydroxylation is 1. The van der Waals surface area contributed by atoms with E-state index >= 15 is 0 Å². The van der Waals surface area contributed by atoms with Crippen molar-refractivity contribution in [3.8, 4) is 0 Å². The fraction of sp³-hybridized carbons (Fsp3) is 0.231. The van der Waals surface area contributed by atoms with Crippen LogP contribution in [0, 0.1) is 6.92 Å². The van der Waals surface area contributed by atoms with Crippen LogP contribution in [-0.2, 0) is 13.1 Å². The van der Waals surface area contributed by atoms with Gasteiger partial charge in [0.15, 0.2) is 0 Å². The van der Waals surface area contributed by atoms with Crippen LogP contribution in [0.4, 0.5) is 5.82 Å². The van der Waals surface area contributed by atoms with Crippen molar-refractivity contribution in [3.63, 3.8) is 0 Å². The van der Waals surface area contributed by atoms with Crippen LogP contribution in [0.15, 0.2) is 34.9 Å². The summed E-state index contributed by atoms with van der Waals surface area (Å²) in [5.41, 5.74) is 2.78. The van der Waals surface area contributed by atoms with Gasteiger partial charge in [-0.25, -0.2) is 9.97 Å². The maximum absolute atomic E-state index is 4.48. The SMILES string of the molecule is Cc1nc(Br)cc(N2Cc3ccccc3C2)n1. The molecule has 0 radical (unpaired) electrons. The molecule has 0 unspecified atom stereocenters. The number of benzene rings is 1. The van der Waals surface area contributed by atoms with Crippen LogP contribution < -0.4 is 4.90 Å². The largest absolute Gasteiger partial charge is 0.348 e. The van der Waals surface area contributed by atoms with Gasteiger partial charge in [0.1, 0.15) is 16.2 Å². The summed E-state index contributed by atoms with van der Waals surface area (Å²) in [4.78, 5) is 11.0. The van der Waals surface area contributed by atoms with Crippen LogP contribution in [-0.4, -0.2) is 9.97 Å². The lowest BCUT2D eigenvalue weighted by Crippen LogP contribution is -2.16. The van der Waals surface area contributed by atoms with Gasteiger partial charge in [-0.05, 0) is 34.0 Å². The van der Waals surface area contributed by atoms with E-state index in [-0.39, 0.29) is 0 Å². The molecule has 1 aliphatic rings. The second-order valence-electron chi connectivity index (χ2n) is 4.22. The highest BCUT2D eigenvalue weighted by Crippen LogP contribution is 2.27. The number of aromatic nitrogens is 2. The molecule has 0 amide bonds. The van der Waals surface area contributed by atoms with Gasteiger partial charge in [0.2, 0.25) is 0 Å². The number of anilines is 1. The zero-order valence-corrected chi connectivity index (χ0v) is 11.1. The number of hydrogen-bond acceptors (Lipinski definition) is 3. The molecule has 86 valence electrons. The highest BCUT2D eigenvalue weighted by atomic mass is 79.9. The molecule has 0 spiro atoms. The summed E-state index contributed by atoms with van der Waals surface area (Å²) < 4.78 is 0.843. The molecule has 2 heterocycles. The molecule has 0 saturated heterocycles. The van der Waals surface area contributed by atoms with E-state index in [1.165, 1.54) is 11.1 Å². The Hall–Kier alpha value is -1.42. The molecule has 0 atom stereocenters. The molecule has 3 nitrogen and oxygen atoms in total. The molecule has 1 aromatic heterocycles. The summed E-state index contributed by atoms with van der Waals surface area (Å²) in [5.74, 6) is 1.78. The third kappa shape index (κ3) is 2.05. The van der Waals surface area contributed by atoms with Crippen molar-refractivity contribution in [1.82, 2.24) is 9.97 Å². The molecular weight excluding hydrogens is 278 g/mol. The van der Waals surface area contributed by atoms with E-state index in [0.717, 1.165) is 29.3 Å². The van der Waals surface area contributed by atoms with Gasteiger partial charge in [-0.2, -0.15) is 0 Å². The summed E-state index contributed by atoms with van der Waals surface area (Å²) >= 11 is 3.42. The normalized spacial score (nSPS) is 13.9. The van der Waals surface area contributed by atoms with Crippen molar-refractivity contribution in [2.24, 2.45) is 0 Å². The van der Waals surface area contributed by atoms with Crippen LogP contribution in [0.1, 0.15) is 17.0 Å². The van der Waals surface area contributed by atoms with E-state index < -0.39 is 0 Å². The zero-order chi connectivity index (χ0) is 11.8. The number of hydrogen-bond donors (Lipinski definition) is 0. The van der Waals surface area contributed by atoms with E-state index in [1.807, 2.05) is 13.0 Å². The second-order valence-corrected chi connectivity index (χ2v) is 5.03. The summed E-state index contributed by atoms with van der Waals surface area (Å²) in [6, 6.07) is 10.5. The minimum Gasteiger partial charge on any atom is -0.348 e. The van der Waals surface area contributed by atoms with Crippen LogP contribution in [0.25, 0.3) is 0 Å². The molecule has 0 bridgehead atoms. The standard InChI is InChI=1S/C13H12BrN3/c1-9-15-12(14)6-13(16-9)17-7-10-4-2-3-5-11(10)8-17/h2-6H,7-8H2,1H3. The number of fused-ring (bicyclic) bond motifs is 1. The summed E-state index contributed by atoms with van der Waals surface area (Å²) in [6.07, 6.45) is 0. The van der Waals surface area contributed by atoms with E-state index in [0.29, 0.717) is 0 Å². The van der Waals surface area contributed by atoms with Crippen LogP contribution in [0.5, 0.6) is 0 Å². The minimum atomic E-state index is 0.797. The van der Waals surface area contributed by atoms with Crippen molar-refractivity contribution in [1.29, 1.82) is 0 Å². The molecule has 17 heavy (non-hydrogen) atoms. The third-order valence-corrected chi connectivity index (χ3v) is 3.36. The number of rotatable bonds is 1. The van der Waals surface area contributed by atoms with E-state index in [9.17, 15) is 0 Å². The molecule has 4 heteroatoms. The van der Waals surface area contributed by atoms with Crippen molar-refractivity contribution in [2.45, 2.75) is 20.0 Å². The Morgan fingerprint density at radius 2 is 1.76 bits per heavy atom. The maximum Gasteiger partial charge on any atom is 0.134 e. The van der Waals surface area contributed by atoms with Gasteiger partial charge >= 0.3 is 0 Å². The molecule has 1 aliphatic heterocycles. The van der Waals surface area contributed by atoms with Gasteiger partial charge < -0.3 is 4.90 Å². The molecule has 0 aliphatic carbocycles.